The van der Waals surface area contributed by atoms with Gasteiger partial charge in [-0.05, 0) is 37.0 Å². The first-order valence-corrected chi connectivity index (χ1v) is 7.09. The monoisotopic (exact) mass is 297 g/mol. The number of hydrogen-bond acceptors (Lipinski definition) is 2. The third-order valence-corrected chi connectivity index (χ3v) is 3.87. The van der Waals surface area contributed by atoms with Gasteiger partial charge >= 0.3 is 0 Å². The van der Waals surface area contributed by atoms with E-state index in [4.69, 9.17) is 4.74 Å². The summed E-state index contributed by atoms with van der Waals surface area (Å²) >= 11 is 3.50. The third-order valence-electron chi connectivity index (χ3n) is 3.38. The second-order valence-corrected chi connectivity index (χ2v) is 5.64. The molecule has 0 radical (unpaired) electrons. The molecule has 2 rings (SSSR count). The van der Waals surface area contributed by atoms with E-state index in [1.54, 1.807) is 7.11 Å². The van der Waals surface area contributed by atoms with Gasteiger partial charge in [0, 0.05) is 22.6 Å². The maximum atomic E-state index is 5.37. The summed E-state index contributed by atoms with van der Waals surface area (Å²) < 4.78 is 6.47. The Morgan fingerprint density at radius 1 is 1.47 bits per heavy atom. The SMILES string of the molecule is CCCC1CC1NCc1cc(Br)ccc1OC. The summed E-state index contributed by atoms with van der Waals surface area (Å²) in [6.45, 7) is 3.15. The molecular formula is C14H20BrNO. The van der Waals surface area contributed by atoms with E-state index in [1.807, 2.05) is 12.1 Å². The molecule has 1 aromatic rings. The number of ether oxygens (including phenoxy) is 1. The van der Waals surface area contributed by atoms with Crippen LogP contribution < -0.4 is 10.1 Å². The molecule has 2 atom stereocenters. The summed E-state index contributed by atoms with van der Waals surface area (Å²) in [6, 6.07) is 6.87. The minimum atomic E-state index is 0.721. The van der Waals surface area contributed by atoms with E-state index in [0.717, 1.165) is 28.7 Å². The van der Waals surface area contributed by atoms with Crippen LogP contribution in [0, 0.1) is 5.92 Å². The van der Waals surface area contributed by atoms with E-state index in [0.29, 0.717) is 0 Å². The Hall–Kier alpha value is -0.540. The van der Waals surface area contributed by atoms with Crippen LogP contribution in [0.1, 0.15) is 31.7 Å². The Morgan fingerprint density at radius 2 is 2.29 bits per heavy atom. The summed E-state index contributed by atoms with van der Waals surface area (Å²) in [4.78, 5) is 0. The van der Waals surface area contributed by atoms with E-state index in [-0.39, 0.29) is 0 Å². The maximum absolute atomic E-state index is 5.37. The van der Waals surface area contributed by atoms with Crippen LogP contribution in [-0.2, 0) is 6.54 Å². The first-order valence-electron chi connectivity index (χ1n) is 6.30. The zero-order valence-electron chi connectivity index (χ0n) is 10.5. The van der Waals surface area contributed by atoms with Crippen LogP contribution in [0.5, 0.6) is 5.75 Å². The Labute approximate surface area is 112 Å². The second-order valence-electron chi connectivity index (χ2n) is 4.73. The van der Waals surface area contributed by atoms with Crippen molar-refractivity contribution in [3.05, 3.63) is 28.2 Å². The highest BCUT2D eigenvalue weighted by molar-refractivity contribution is 9.10. The molecule has 1 aromatic carbocycles. The molecule has 1 aliphatic rings. The van der Waals surface area contributed by atoms with E-state index in [1.165, 1.54) is 24.8 Å². The second kappa shape index (κ2) is 5.87. The van der Waals surface area contributed by atoms with Crippen molar-refractivity contribution in [1.82, 2.24) is 5.32 Å². The number of benzene rings is 1. The minimum Gasteiger partial charge on any atom is -0.496 e. The molecule has 0 aliphatic heterocycles. The molecule has 0 amide bonds. The van der Waals surface area contributed by atoms with Gasteiger partial charge in [0.25, 0.3) is 0 Å². The van der Waals surface area contributed by atoms with Crippen LogP contribution in [0.3, 0.4) is 0 Å². The average Bonchev–Trinajstić information content (AvgIpc) is 3.06. The van der Waals surface area contributed by atoms with Gasteiger partial charge in [0.15, 0.2) is 0 Å². The highest BCUT2D eigenvalue weighted by Gasteiger charge is 2.35. The number of methoxy groups -OCH3 is 1. The molecule has 0 aromatic heterocycles. The highest BCUT2D eigenvalue weighted by atomic mass is 79.9. The summed E-state index contributed by atoms with van der Waals surface area (Å²) in [5.41, 5.74) is 1.23. The van der Waals surface area contributed by atoms with E-state index < -0.39 is 0 Å². The Bertz CT molecular complexity index is 380. The zero-order chi connectivity index (χ0) is 12.3. The standard InChI is InChI=1S/C14H20BrNO/c1-3-4-10-8-13(10)16-9-11-7-12(15)5-6-14(11)17-2/h5-7,10,13,16H,3-4,8-9H2,1-2H3. The van der Waals surface area contributed by atoms with Crippen molar-refractivity contribution in [1.29, 1.82) is 0 Å². The van der Waals surface area contributed by atoms with Crippen LogP contribution >= 0.6 is 15.9 Å². The van der Waals surface area contributed by atoms with Gasteiger partial charge in [-0.3, -0.25) is 0 Å². The molecule has 2 unspecified atom stereocenters. The minimum absolute atomic E-state index is 0.721. The van der Waals surface area contributed by atoms with Crippen LogP contribution in [0.15, 0.2) is 22.7 Å². The van der Waals surface area contributed by atoms with Crippen LogP contribution in [0.4, 0.5) is 0 Å². The fraction of sp³-hybridized carbons (Fsp3) is 0.571. The molecule has 0 bridgehead atoms. The van der Waals surface area contributed by atoms with Gasteiger partial charge in [-0.15, -0.1) is 0 Å². The largest absolute Gasteiger partial charge is 0.496 e. The normalized spacial score (nSPS) is 22.5. The van der Waals surface area contributed by atoms with Gasteiger partial charge in [0.2, 0.25) is 0 Å². The van der Waals surface area contributed by atoms with Gasteiger partial charge in [-0.25, -0.2) is 0 Å². The number of nitrogens with one attached hydrogen (secondary N) is 1. The molecule has 0 saturated heterocycles. The summed E-state index contributed by atoms with van der Waals surface area (Å²) in [7, 11) is 1.73. The van der Waals surface area contributed by atoms with Crippen molar-refractivity contribution in [2.24, 2.45) is 5.92 Å². The number of rotatable bonds is 6. The van der Waals surface area contributed by atoms with Gasteiger partial charge in [-0.1, -0.05) is 29.3 Å². The molecule has 17 heavy (non-hydrogen) atoms. The average molecular weight is 298 g/mol. The first-order chi connectivity index (χ1) is 8.24. The topological polar surface area (TPSA) is 21.3 Å². The summed E-state index contributed by atoms with van der Waals surface area (Å²) in [5, 5.41) is 3.61. The quantitative estimate of drug-likeness (QED) is 0.864. The number of hydrogen-bond donors (Lipinski definition) is 1. The Kier molecular flexibility index (Phi) is 4.46. The van der Waals surface area contributed by atoms with Gasteiger partial charge in [0.05, 0.1) is 7.11 Å². The van der Waals surface area contributed by atoms with Crippen molar-refractivity contribution in [2.75, 3.05) is 7.11 Å². The van der Waals surface area contributed by atoms with Crippen LogP contribution in [-0.4, -0.2) is 13.2 Å². The van der Waals surface area contributed by atoms with Crippen molar-refractivity contribution >= 4 is 15.9 Å². The van der Waals surface area contributed by atoms with Crippen molar-refractivity contribution in [3.63, 3.8) is 0 Å². The highest BCUT2D eigenvalue weighted by Crippen LogP contribution is 2.35. The molecule has 1 N–H and O–H groups in total. The van der Waals surface area contributed by atoms with Crippen molar-refractivity contribution < 1.29 is 4.74 Å². The Morgan fingerprint density at radius 3 is 3.00 bits per heavy atom. The molecule has 0 heterocycles. The molecule has 1 fully saturated rings. The first kappa shape index (κ1) is 12.9. The van der Waals surface area contributed by atoms with Crippen molar-refractivity contribution in [2.45, 2.75) is 38.8 Å². The lowest BCUT2D eigenvalue weighted by molar-refractivity contribution is 0.407. The molecule has 1 saturated carbocycles. The smallest absolute Gasteiger partial charge is 0.123 e. The lowest BCUT2D eigenvalue weighted by atomic mass is 10.2. The van der Waals surface area contributed by atoms with E-state index in [9.17, 15) is 0 Å². The molecule has 94 valence electrons. The maximum Gasteiger partial charge on any atom is 0.123 e. The number of halogens is 1. The Balaban J connectivity index is 1.88. The van der Waals surface area contributed by atoms with E-state index in [2.05, 4.69) is 34.2 Å². The predicted octanol–water partition coefficient (Wildman–Crippen LogP) is 3.74. The van der Waals surface area contributed by atoms with Crippen LogP contribution in [0.25, 0.3) is 0 Å². The third kappa shape index (κ3) is 3.46. The zero-order valence-corrected chi connectivity index (χ0v) is 12.1. The lowest BCUT2D eigenvalue weighted by Gasteiger charge is -2.10. The molecule has 1 aliphatic carbocycles. The van der Waals surface area contributed by atoms with Gasteiger partial charge in [0.1, 0.15) is 5.75 Å². The lowest BCUT2D eigenvalue weighted by Crippen LogP contribution is -2.18. The van der Waals surface area contributed by atoms with Crippen molar-refractivity contribution in [3.8, 4) is 5.75 Å². The molecule has 3 heteroatoms. The summed E-state index contributed by atoms with van der Waals surface area (Å²) in [6.07, 6.45) is 3.99. The fourth-order valence-corrected chi connectivity index (χ4v) is 2.72. The summed E-state index contributed by atoms with van der Waals surface area (Å²) in [5.74, 6) is 1.87. The van der Waals surface area contributed by atoms with E-state index >= 15 is 0 Å². The van der Waals surface area contributed by atoms with Crippen LogP contribution in [0.2, 0.25) is 0 Å². The fourth-order valence-electron chi connectivity index (χ4n) is 2.31. The van der Waals surface area contributed by atoms with Gasteiger partial charge in [-0.2, -0.15) is 0 Å². The molecule has 2 nitrogen and oxygen atoms in total. The molecular weight excluding hydrogens is 278 g/mol. The molecule has 0 spiro atoms. The predicted molar refractivity (Wildman–Crippen MR) is 74.3 cm³/mol. The van der Waals surface area contributed by atoms with Gasteiger partial charge < -0.3 is 10.1 Å².